The van der Waals surface area contributed by atoms with Gasteiger partial charge in [0.15, 0.2) is 11.4 Å². The lowest BCUT2D eigenvalue weighted by molar-refractivity contribution is -0.141. The van der Waals surface area contributed by atoms with Crippen molar-refractivity contribution in [2.45, 2.75) is 38.6 Å². The van der Waals surface area contributed by atoms with Crippen LogP contribution in [0.25, 0.3) is 0 Å². The first kappa shape index (κ1) is 20.5. The summed E-state index contributed by atoms with van der Waals surface area (Å²) in [7, 11) is 0. The van der Waals surface area contributed by atoms with Crippen LogP contribution in [0.1, 0.15) is 41.5 Å². The molecule has 7 nitrogen and oxygen atoms in total. The van der Waals surface area contributed by atoms with Crippen LogP contribution in [-0.4, -0.2) is 52.4 Å². The van der Waals surface area contributed by atoms with Crippen LogP contribution in [0.15, 0.2) is 36.9 Å². The predicted molar refractivity (Wildman–Crippen MR) is 89.1 cm³/mol. The van der Waals surface area contributed by atoms with E-state index >= 15 is 0 Å². The summed E-state index contributed by atoms with van der Waals surface area (Å²) in [5, 5.41) is 19.3. The number of rotatable bonds is 8. The zero-order chi connectivity index (χ0) is 19.2. The number of hydrogen-bond donors (Lipinski definition) is 2. The molecule has 3 atom stereocenters. The molecule has 7 heteroatoms. The van der Waals surface area contributed by atoms with Crippen molar-refractivity contribution >= 4 is 17.7 Å². The maximum absolute atomic E-state index is 12.3. The van der Waals surface area contributed by atoms with Crippen molar-refractivity contribution in [1.82, 2.24) is 0 Å². The largest absolute Gasteiger partial charge is 0.459 e. The topological polar surface area (TPSA) is 110 Å². The smallest absolute Gasteiger partial charge is 0.339 e. The van der Waals surface area contributed by atoms with Gasteiger partial charge in [-0.3, -0.25) is 4.79 Å². The molecular weight excluding hydrogens is 328 g/mol. The highest BCUT2D eigenvalue weighted by Crippen LogP contribution is 2.19. The second kappa shape index (κ2) is 8.55. The van der Waals surface area contributed by atoms with Crippen LogP contribution in [0, 0.1) is 0 Å². The maximum Gasteiger partial charge on any atom is 0.339 e. The Bertz CT molecular complexity index is 661. The number of aliphatic hydroxyl groups is 2. The van der Waals surface area contributed by atoms with Crippen molar-refractivity contribution in [2.24, 2.45) is 0 Å². The number of ether oxygens (including phenoxy) is 2. The Hall–Kier alpha value is -2.51. The van der Waals surface area contributed by atoms with Crippen molar-refractivity contribution in [3.63, 3.8) is 0 Å². The summed E-state index contributed by atoms with van der Waals surface area (Å²) < 4.78 is 10.0. The van der Waals surface area contributed by atoms with E-state index in [1.807, 2.05) is 0 Å². The van der Waals surface area contributed by atoms with Crippen LogP contribution in [0.5, 0.6) is 0 Å². The van der Waals surface area contributed by atoms with Gasteiger partial charge < -0.3 is 19.7 Å². The standard InChI is InChI=1S/C18H22O7/c1-5-15(20)18(4,23)12(3)25-17(22)14-9-7-6-8-13(14)16(21)24-10-11(2)19/h5-9,11-12,19,23H,1,10H2,2-4H3. The van der Waals surface area contributed by atoms with Gasteiger partial charge in [-0.1, -0.05) is 18.7 Å². The van der Waals surface area contributed by atoms with Gasteiger partial charge in [0.05, 0.1) is 17.2 Å². The summed E-state index contributed by atoms with van der Waals surface area (Å²) in [4.78, 5) is 36.1. The number of benzene rings is 1. The van der Waals surface area contributed by atoms with Gasteiger partial charge >= 0.3 is 11.9 Å². The van der Waals surface area contributed by atoms with Crippen LogP contribution >= 0.6 is 0 Å². The van der Waals surface area contributed by atoms with E-state index in [1.54, 1.807) is 0 Å². The minimum absolute atomic E-state index is 0.0463. The van der Waals surface area contributed by atoms with Crippen molar-refractivity contribution in [3.8, 4) is 0 Å². The molecule has 0 aliphatic carbocycles. The molecule has 0 saturated carbocycles. The van der Waals surface area contributed by atoms with Crippen LogP contribution in [-0.2, 0) is 14.3 Å². The minimum Gasteiger partial charge on any atom is -0.459 e. The second-order valence-corrected chi connectivity index (χ2v) is 5.76. The van der Waals surface area contributed by atoms with Crippen LogP contribution in [0.4, 0.5) is 0 Å². The van der Waals surface area contributed by atoms with Gasteiger partial charge in [-0.05, 0) is 39.0 Å². The van der Waals surface area contributed by atoms with E-state index in [0.29, 0.717) is 0 Å². The van der Waals surface area contributed by atoms with Gasteiger partial charge in [-0.15, -0.1) is 0 Å². The summed E-state index contributed by atoms with van der Waals surface area (Å²) in [5.41, 5.74) is -2.07. The molecule has 25 heavy (non-hydrogen) atoms. The Morgan fingerprint density at radius 3 is 2.20 bits per heavy atom. The second-order valence-electron chi connectivity index (χ2n) is 5.76. The number of ketones is 1. The van der Waals surface area contributed by atoms with Gasteiger partial charge in [-0.2, -0.15) is 0 Å². The molecule has 3 unspecified atom stereocenters. The Morgan fingerprint density at radius 1 is 1.20 bits per heavy atom. The fourth-order valence-electron chi connectivity index (χ4n) is 1.86. The van der Waals surface area contributed by atoms with E-state index in [4.69, 9.17) is 9.47 Å². The molecule has 0 spiro atoms. The van der Waals surface area contributed by atoms with Gasteiger partial charge in [-0.25, -0.2) is 9.59 Å². The molecule has 0 amide bonds. The molecule has 0 saturated heterocycles. The van der Waals surface area contributed by atoms with E-state index < -0.39 is 35.5 Å². The monoisotopic (exact) mass is 350 g/mol. The average Bonchev–Trinajstić information content (AvgIpc) is 2.58. The summed E-state index contributed by atoms with van der Waals surface area (Å²) in [6.45, 7) is 7.08. The van der Waals surface area contributed by atoms with E-state index in [0.717, 1.165) is 6.08 Å². The van der Waals surface area contributed by atoms with E-state index in [-0.39, 0.29) is 17.7 Å². The fraction of sp³-hybridized carbons (Fsp3) is 0.389. The van der Waals surface area contributed by atoms with Crippen molar-refractivity contribution < 1.29 is 34.1 Å². The van der Waals surface area contributed by atoms with Crippen LogP contribution < -0.4 is 0 Å². The quantitative estimate of drug-likeness (QED) is 0.537. The molecular formula is C18H22O7. The molecule has 0 bridgehead atoms. The maximum atomic E-state index is 12.3. The number of esters is 2. The minimum atomic E-state index is -1.95. The Kier molecular flexibility index (Phi) is 7.02. The van der Waals surface area contributed by atoms with Crippen molar-refractivity contribution in [3.05, 3.63) is 48.0 Å². The highest BCUT2D eigenvalue weighted by Gasteiger charge is 2.38. The zero-order valence-electron chi connectivity index (χ0n) is 14.4. The Balaban J connectivity index is 2.98. The summed E-state index contributed by atoms with van der Waals surface area (Å²) in [6, 6.07) is 5.80. The van der Waals surface area contributed by atoms with Crippen LogP contribution in [0.2, 0.25) is 0 Å². The Labute approximate surface area is 145 Å². The van der Waals surface area contributed by atoms with E-state index in [9.17, 15) is 24.6 Å². The van der Waals surface area contributed by atoms with E-state index in [2.05, 4.69) is 6.58 Å². The first-order valence-corrected chi connectivity index (χ1v) is 7.65. The predicted octanol–water partition coefficient (Wildman–Crippen LogP) is 1.28. The molecule has 2 N–H and O–H groups in total. The number of carbonyl (C=O) groups is 3. The number of carbonyl (C=O) groups excluding carboxylic acids is 3. The lowest BCUT2D eigenvalue weighted by Crippen LogP contribution is -2.46. The third-order valence-electron chi connectivity index (χ3n) is 3.58. The molecule has 1 aromatic rings. The lowest BCUT2D eigenvalue weighted by atomic mass is 9.95. The third-order valence-corrected chi connectivity index (χ3v) is 3.58. The molecule has 0 radical (unpaired) electrons. The molecule has 136 valence electrons. The van der Waals surface area contributed by atoms with E-state index in [1.165, 1.54) is 45.0 Å². The Morgan fingerprint density at radius 2 is 1.72 bits per heavy atom. The summed E-state index contributed by atoms with van der Waals surface area (Å²) in [5.74, 6) is -2.39. The van der Waals surface area contributed by atoms with Gasteiger partial charge in [0.25, 0.3) is 0 Å². The molecule has 0 fully saturated rings. The van der Waals surface area contributed by atoms with Crippen LogP contribution in [0.3, 0.4) is 0 Å². The third kappa shape index (κ3) is 5.23. The summed E-state index contributed by atoms with van der Waals surface area (Å²) in [6.07, 6.45) is -1.08. The fourth-order valence-corrected chi connectivity index (χ4v) is 1.86. The lowest BCUT2D eigenvalue weighted by Gasteiger charge is -2.27. The molecule has 1 rings (SSSR count). The molecule has 1 aromatic carbocycles. The van der Waals surface area contributed by atoms with Gasteiger partial charge in [0.2, 0.25) is 0 Å². The first-order chi connectivity index (χ1) is 11.6. The summed E-state index contributed by atoms with van der Waals surface area (Å²) >= 11 is 0. The SMILES string of the molecule is C=CC(=O)C(C)(O)C(C)OC(=O)c1ccccc1C(=O)OCC(C)O. The van der Waals surface area contributed by atoms with Gasteiger partial charge in [0.1, 0.15) is 12.7 Å². The first-order valence-electron chi connectivity index (χ1n) is 7.65. The number of aliphatic hydroxyl groups excluding tert-OH is 1. The van der Waals surface area contributed by atoms with Gasteiger partial charge in [0, 0.05) is 0 Å². The molecule has 0 heterocycles. The molecule has 0 aliphatic heterocycles. The zero-order valence-corrected chi connectivity index (χ0v) is 14.4. The van der Waals surface area contributed by atoms with Crippen molar-refractivity contribution in [2.75, 3.05) is 6.61 Å². The van der Waals surface area contributed by atoms with Crippen molar-refractivity contribution in [1.29, 1.82) is 0 Å². The molecule has 0 aliphatic rings. The normalized spacial score (nSPS) is 15.4. The average molecular weight is 350 g/mol. The number of hydrogen-bond acceptors (Lipinski definition) is 7. The highest BCUT2D eigenvalue weighted by atomic mass is 16.6. The highest BCUT2D eigenvalue weighted by molar-refractivity contribution is 6.03. The molecule has 0 aromatic heterocycles.